The van der Waals surface area contributed by atoms with Gasteiger partial charge in [-0.25, -0.2) is 4.98 Å². The van der Waals surface area contributed by atoms with E-state index in [0.717, 1.165) is 30.3 Å². The molecule has 0 saturated heterocycles. The molecule has 156 valence electrons. The van der Waals surface area contributed by atoms with Crippen LogP contribution in [0, 0.1) is 0 Å². The Morgan fingerprint density at radius 3 is 2.70 bits per heavy atom. The van der Waals surface area contributed by atoms with Crippen LogP contribution in [-0.2, 0) is 4.79 Å². The van der Waals surface area contributed by atoms with E-state index in [1.165, 1.54) is 0 Å². The van der Waals surface area contributed by atoms with Gasteiger partial charge in [-0.15, -0.1) is 0 Å². The summed E-state index contributed by atoms with van der Waals surface area (Å²) >= 11 is 6.00. The van der Waals surface area contributed by atoms with E-state index >= 15 is 0 Å². The van der Waals surface area contributed by atoms with Crippen molar-refractivity contribution >= 4 is 34.5 Å². The summed E-state index contributed by atoms with van der Waals surface area (Å²) in [6.07, 6.45) is 3.06. The maximum absolute atomic E-state index is 12.9. The van der Waals surface area contributed by atoms with E-state index in [4.69, 9.17) is 16.0 Å². The van der Waals surface area contributed by atoms with Crippen molar-refractivity contribution in [2.45, 2.75) is 44.7 Å². The average Bonchev–Trinajstić information content (AvgIpc) is 3.39. The van der Waals surface area contributed by atoms with E-state index in [2.05, 4.69) is 10.3 Å². The third-order valence-corrected chi connectivity index (χ3v) is 5.92. The first-order valence-corrected chi connectivity index (χ1v) is 10.6. The Bertz CT molecular complexity index is 1080. The molecule has 1 aromatic heterocycles. The zero-order valence-corrected chi connectivity index (χ0v) is 17.8. The molecule has 3 aromatic rings. The molecular formula is C23H24ClN3O3. The van der Waals surface area contributed by atoms with Crippen molar-refractivity contribution in [1.82, 2.24) is 15.2 Å². The third-order valence-electron chi connectivity index (χ3n) is 5.69. The molecule has 2 aromatic carbocycles. The molecule has 30 heavy (non-hydrogen) atoms. The van der Waals surface area contributed by atoms with Gasteiger partial charge >= 0.3 is 0 Å². The Labute approximate surface area is 180 Å². The average molecular weight is 426 g/mol. The van der Waals surface area contributed by atoms with Crippen LogP contribution < -0.4 is 5.32 Å². The van der Waals surface area contributed by atoms with Crippen molar-refractivity contribution in [3.05, 3.63) is 53.1 Å². The van der Waals surface area contributed by atoms with Crippen molar-refractivity contribution in [2.75, 3.05) is 7.05 Å². The Kier molecular flexibility index (Phi) is 5.77. The summed E-state index contributed by atoms with van der Waals surface area (Å²) in [4.78, 5) is 30.8. The van der Waals surface area contributed by atoms with Crippen molar-refractivity contribution in [2.24, 2.45) is 0 Å². The number of hydrogen-bond acceptors (Lipinski definition) is 4. The maximum Gasteiger partial charge on any atom is 0.253 e. The van der Waals surface area contributed by atoms with E-state index in [0.29, 0.717) is 28.5 Å². The van der Waals surface area contributed by atoms with Gasteiger partial charge in [-0.2, -0.15) is 0 Å². The summed E-state index contributed by atoms with van der Waals surface area (Å²) in [5, 5.41) is 3.62. The second-order valence-electron chi connectivity index (χ2n) is 7.71. The summed E-state index contributed by atoms with van der Waals surface area (Å²) in [7, 11) is 1.83. The fraction of sp³-hybridized carbons (Fsp3) is 0.348. The first-order chi connectivity index (χ1) is 14.4. The highest BCUT2D eigenvalue weighted by molar-refractivity contribution is 6.31. The molecule has 1 N–H and O–H groups in total. The van der Waals surface area contributed by atoms with Crippen molar-refractivity contribution < 1.29 is 14.0 Å². The summed E-state index contributed by atoms with van der Waals surface area (Å²) in [6.45, 7) is 1.84. The minimum Gasteiger partial charge on any atom is -0.436 e. The van der Waals surface area contributed by atoms with Crippen LogP contribution in [0.4, 0.5) is 0 Å². The molecule has 1 fully saturated rings. The number of carbonyl (C=O) groups is 2. The van der Waals surface area contributed by atoms with Crippen molar-refractivity contribution in [3.8, 4) is 11.5 Å². The van der Waals surface area contributed by atoms with Crippen molar-refractivity contribution in [1.29, 1.82) is 0 Å². The number of halogens is 1. The first kappa shape index (κ1) is 20.4. The predicted octanol–water partition coefficient (Wildman–Crippen LogP) is 4.67. The van der Waals surface area contributed by atoms with Gasteiger partial charge in [-0.1, -0.05) is 18.5 Å². The Morgan fingerprint density at radius 2 is 1.97 bits per heavy atom. The van der Waals surface area contributed by atoms with Gasteiger partial charge in [0.25, 0.3) is 5.91 Å². The molecule has 1 heterocycles. The Hall–Kier alpha value is -2.86. The lowest BCUT2D eigenvalue weighted by molar-refractivity contribution is -0.121. The molecule has 1 aliphatic carbocycles. The minimum absolute atomic E-state index is 0.0293. The third kappa shape index (κ3) is 4.19. The molecule has 0 radical (unpaired) electrons. The van der Waals surface area contributed by atoms with Crippen LogP contribution >= 0.6 is 11.6 Å². The number of nitrogens with one attached hydrogen (secondary N) is 1. The lowest BCUT2D eigenvalue weighted by atomic mass is 10.1. The summed E-state index contributed by atoms with van der Waals surface area (Å²) in [5.74, 6) is 0.523. The second-order valence-corrected chi connectivity index (χ2v) is 8.15. The molecule has 0 spiro atoms. The molecule has 1 saturated carbocycles. The van der Waals surface area contributed by atoms with Gasteiger partial charge in [-0.3, -0.25) is 9.59 Å². The number of hydrogen-bond donors (Lipinski definition) is 1. The van der Waals surface area contributed by atoms with E-state index in [9.17, 15) is 9.59 Å². The highest BCUT2D eigenvalue weighted by atomic mass is 35.5. The Balaban J connectivity index is 1.44. The van der Waals surface area contributed by atoms with Gasteiger partial charge in [0.1, 0.15) is 5.52 Å². The number of rotatable bonds is 5. The van der Waals surface area contributed by atoms with E-state index in [1.807, 2.05) is 32.2 Å². The molecule has 6 nitrogen and oxygen atoms in total. The lowest BCUT2D eigenvalue weighted by Gasteiger charge is -2.25. The monoisotopic (exact) mass is 425 g/mol. The molecule has 1 unspecified atom stereocenters. The van der Waals surface area contributed by atoms with Crippen LogP contribution in [0.25, 0.3) is 22.6 Å². The van der Waals surface area contributed by atoms with Gasteiger partial charge < -0.3 is 14.6 Å². The number of fused-ring (bicyclic) bond motifs is 1. The fourth-order valence-electron chi connectivity index (χ4n) is 3.92. The number of amides is 2. The molecule has 2 amide bonds. The van der Waals surface area contributed by atoms with Gasteiger partial charge in [0.05, 0.1) is 0 Å². The number of carbonyl (C=O) groups excluding carboxylic acids is 2. The van der Waals surface area contributed by atoms with Crippen LogP contribution in [0.5, 0.6) is 0 Å². The first-order valence-electron chi connectivity index (χ1n) is 10.2. The number of oxazole rings is 1. The van der Waals surface area contributed by atoms with E-state index in [1.54, 1.807) is 29.2 Å². The highest BCUT2D eigenvalue weighted by Gasteiger charge is 2.30. The van der Waals surface area contributed by atoms with Crippen LogP contribution in [0.1, 0.15) is 43.0 Å². The summed E-state index contributed by atoms with van der Waals surface area (Å²) in [6, 6.07) is 12.9. The van der Waals surface area contributed by atoms with E-state index in [-0.39, 0.29) is 23.9 Å². The number of benzene rings is 2. The largest absolute Gasteiger partial charge is 0.436 e. The standard InChI is InChI=1S/C23H24ClN3O3/c1-3-21(28)25-17-9-10-18(13-17)27(2)23(29)15-6-4-14(5-7-15)22-26-19-11-8-16(24)12-20(19)30-22/h4-8,11-12,17-18H,3,9-10,13H2,1-2H3,(H,25,28)/t17-,18?/m1/s1. The molecule has 1 aliphatic rings. The lowest BCUT2D eigenvalue weighted by Crippen LogP contribution is -2.38. The molecular weight excluding hydrogens is 402 g/mol. The predicted molar refractivity (Wildman–Crippen MR) is 116 cm³/mol. The minimum atomic E-state index is -0.0293. The fourth-order valence-corrected chi connectivity index (χ4v) is 4.08. The normalized spacial score (nSPS) is 18.5. The van der Waals surface area contributed by atoms with Crippen molar-refractivity contribution in [3.63, 3.8) is 0 Å². The van der Waals surface area contributed by atoms with Crippen LogP contribution in [0.15, 0.2) is 46.9 Å². The highest BCUT2D eigenvalue weighted by Crippen LogP contribution is 2.28. The SMILES string of the molecule is CCC(=O)N[C@@H]1CCC(N(C)C(=O)c2ccc(-c3nc4ccc(Cl)cc4o3)cc2)C1. The number of aromatic nitrogens is 1. The zero-order valence-electron chi connectivity index (χ0n) is 17.0. The van der Waals surface area contributed by atoms with Gasteiger partial charge in [0.2, 0.25) is 11.8 Å². The molecule has 2 atom stereocenters. The topological polar surface area (TPSA) is 75.4 Å². The maximum atomic E-state index is 12.9. The van der Waals surface area contributed by atoms with Gasteiger partial charge in [0.15, 0.2) is 5.58 Å². The van der Waals surface area contributed by atoms with E-state index < -0.39 is 0 Å². The zero-order chi connectivity index (χ0) is 21.3. The molecule has 0 aliphatic heterocycles. The van der Waals surface area contributed by atoms with Crippen LogP contribution in [0.3, 0.4) is 0 Å². The molecule has 7 heteroatoms. The molecule has 4 rings (SSSR count). The van der Waals surface area contributed by atoms with Crippen LogP contribution in [0.2, 0.25) is 5.02 Å². The summed E-state index contributed by atoms with van der Waals surface area (Å²) in [5.41, 5.74) is 2.77. The quantitative estimate of drug-likeness (QED) is 0.644. The van der Waals surface area contributed by atoms with Gasteiger partial charge in [0, 0.05) is 47.8 Å². The number of nitrogens with zero attached hydrogens (tertiary/aromatic N) is 2. The molecule has 0 bridgehead atoms. The Morgan fingerprint density at radius 1 is 1.20 bits per heavy atom. The second kappa shape index (κ2) is 8.48. The smallest absolute Gasteiger partial charge is 0.253 e. The summed E-state index contributed by atoms with van der Waals surface area (Å²) < 4.78 is 5.79. The van der Waals surface area contributed by atoms with Gasteiger partial charge in [-0.05, 0) is 55.7 Å². The van der Waals surface area contributed by atoms with Crippen LogP contribution in [-0.4, -0.2) is 40.8 Å².